The quantitative estimate of drug-likeness (QED) is 0.817. The highest BCUT2D eigenvalue weighted by Gasteiger charge is 2.25. The molecule has 1 aliphatic carbocycles. The van der Waals surface area contributed by atoms with Crippen molar-refractivity contribution in [3.63, 3.8) is 0 Å². The van der Waals surface area contributed by atoms with Gasteiger partial charge in [-0.05, 0) is 51.0 Å². The number of ether oxygens (including phenoxy) is 1. The second-order valence-corrected chi connectivity index (χ2v) is 5.74. The molecule has 0 aromatic rings. The molecule has 0 spiro atoms. The summed E-state index contributed by atoms with van der Waals surface area (Å²) in [5, 5.41) is 0. The van der Waals surface area contributed by atoms with Crippen molar-refractivity contribution in [2.75, 3.05) is 26.3 Å². The van der Waals surface area contributed by atoms with Crippen LogP contribution in [0.1, 0.15) is 45.4 Å². The van der Waals surface area contributed by atoms with E-state index in [0.717, 1.165) is 25.2 Å². The summed E-state index contributed by atoms with van der Waals surface area (Å²) in [6.45, 7) is 6.65. The molecule has 100 valence electrons. The van der Waals surface area contributed by atoms with E-state index >= 15 is 0 Å². The van der Waals surface area contributed by atoms with E-state index in [1.54, 1.807) is 0 Å². The third-order valence-electron chi connectivity index (χ3n) is 4.41. The summed E-state index contributed by atoms with van der Waals surface area (Å²) < 4.78 is 5.59. The molecule has 3 heteroatoms. The fourth-order valence-corrected chi connectivity index (χ4v) is 3.29. The fourth-order valence-electron chi connectivity index (χ4n) is 3.29. The maximum absolute atomic E-state index is 5.98. The zero-order valence-corrected chi connectivity index (χ0v) is 11.2. The highest BCUT2D eigenvalue weighted by molar-refractivity contribution is 4.82. The number of hydrogen-bond acceptors (Lipinski definition) is 3. The molecule has 0 aromatic heterocycles. The summed E-state index contributed by atoms with van der Waals surface area (Å²) in [4.78, 5) is 2.67. The highest BCUT2D eigenvalue weighted by Crippen LogP contribution is 2.24. The SMILES string of the molecule is CCN(CC1CCCOC1)C1CCC(N)CC1. The molecule has 1 heterocycles. The number of rotatable bonds is 4. The maximum Gasteiger partial charge on any atom is 0.0506 e. The van der Waals surface area contributed by atoms with Gasteiger partial charge in [0.05, 0.1) is 6.61 Å². The molecule has 1 atom stereocenters. The molecular weight excluding hydrogens is 212 g/mol. The van der Waals surface area contributed by atoms with Gasteiger partial charge < -0.3 is 15.4 Å². The third kappa shape index (κ3) is 3.94. The Morgan fingerprint density at radius 2 is 1.94 bits per heavy atom. The van der Waals surface area contributed by atoms with Crippen LogP contribution in [0.2, 0.25) is 0 Å². The second-order valence-electron chi connectivity index (χ2n) is 5.74. The van der Waals surface area contributed by atoms with Crippen molar-refractivity contribution >= 4 is 0 Å². The van der Waals surface area contributed by atoms with Gasteiger partial charge in [0, 0.05) is 25.2 Å². The molecule has 0 aromatic carbocycles. The van der Waals surface area contributed by atoms with Crippen molar-refractivity contribution < 1.29 is 4.74 Å². The Morgan fingerprint density at radius 1 is 1.18 bits per heavy atom. The molecule has 17 heavy (non-hydrogen) atoms. The molecule has 2 rings (SSSR count). The standard InChI is InChI=1S/C14H28N2O/c1-2-16(10-12-4-3-9-17-11-12)14-7-5-13(15)6-8-14/h12-14H,2-11,15H2,1H3. The van der Waals surface area contributed by atoms with Gasteiger partial charge >= 0.3 is 0 Å². The zero-order chi connectivity index (χ0) is 12.1. The molecule has 1 unspecified atom stereocenters. The van der Waals surface area contributed by atoms with E-state index in [0.29, 0.717) is 6.04 Å². The number of nitrogens with zero attached hydrogens (tertiary/aromatic N) is 1. The monoisotopic (exact) mass is 240 g/mol. The predicted molar refractivity (Wildman–Crippen MR) is 71.0 cm³/mol. The normalized spacial score (nSPS) is 35.1. The van der Waals surface area contributed by atoms with Gasteiger partial charge in [0.15, 0.2) is 0 Å². The van der Waals surface area contributed by atoms with Crippen LogP contribution in [0.3, 0.4) is 0 Å². The first-order valence-electron chi connectivity index (χ1n) is 7.37. The Morgan fingerprint density at radius 3 is 2.53 bits per heavy atom. The highest BCUT2D eigenvalue weighted by atomic mass is 16.5. The van der Waals surface area contributed by atoms with Crippen molar-refractivity contribution in [2.45, 2.75) is 57.5 Å². The zero-order valence-electron chi connectivity index (χ0n) is 11.2. The van der Waals surface area contributed by atoms with Crippen LogP contribution in [0, 0.1) is 5.92 Å². The van der Waals surface area contributed by atoms with Crippen LogP contribution in [-0.4, -0.2) is 43.3 Å². The van der Waals surface area contributed by atoms with E-state index in [2.05, 4.69) is 11.8 Å². The van der Waals surface area contributed by atoms with E-state index in [-0.39, 0.29) is 0 Å². The van der Waals surface area contributed by atoms with Crippen LogP contribution in [0.5, 0.6) is 0 Å². The van der Waals surface area contributed by atoms with Gasteiger partial charge in [0.1, 0.15) is 0 Å². The minimum atomic E-state index is 0.461. The molecule has 0 radical (unpaired) electrons. The number of hydrogen-bond donors (Lipinski definition) is 1. The van der Waals surface area contributed by atoms with E-state index in [1.165, 1.54) is 51.6 Å². The lowest BCUT2D eigenvalue weighted by Gasteiger charge is -2.38. The van der Waals surface area contributed by atoms with Crippen LogP contribution in [0.4, 0.5) is 0 Å². The van der Waals surface area contributed by atoms with Crippen molar-refractivity contribution in [1.82, 2.24) is 4.90 Å². The Labute approximate surface area is 106 Å². The van der Waals surface area contributed by atoms with Crippen LogP contribution >= 0.6 is 0 Å². The molecule has 2 fully saturated rings. The van der Waals surface area contributed by atoms with Crippen molar-refractivity contribution in [2.24, 2.45) is 11.7 Å². The number of nitrogens with two attached hydrogens (primary N) is 1. The molecule has 1 aliphatic heterocycles. The summed E-state index contributed by atoms with van der Waals surface area (Å²) in [5.74, 6) is 0.763. The lowest BCUT2D eigenvalue weighted by Crippen LogP contribution is -2.44. The van der Waals surface area contributed by atoms with Crippen LogP contribution in [-0.2, 0) is 4.74 Å². The molecule has 3 nitrogen and oxygen atoms in total. The molecular formula is C14H28N2O. The maximum atomic E-state index is 5.98. The van der Waals surface area contributed by atoms with Gasteiger partial charge in [0.2, 0.25) is 0 Å². The summed E-state index contributed by atoms with van der Waals surface area (Å²) in [7, 11) is 0. The fraction of sp³-hybridized carbons (Fsp3) is 1.00. The summed E-state index contributed by atoms with van der Waals surface area (Å²) in [6, 6.07) is 1.24. The van der Waals surface area contributed by atoms with Crippen molar-refractivity contribution in [3.8, 4) is 0 Å². The molecule has 2 N–H and O–H groups in total. The summed E-state index contributed by atoms with van der Waals surface area (Å²) >= 11 is 0. The second kappa shape index (κ2) is 6.72. The first-order chi connectivity index (χ1) is 8.29. The smallest absolute Gasteiger partial charge is 0.0506 e. The predicted octanol–water partition coefficient (Wildman–Crippen LogP) is 2.00. The Balaban J connectivity index is 1.78. The molecule has 0 amide bonds. The Kier molecular flexibility index (Phi) is 5.26. The first kappa shape index (κ1) is 13.3. The third-order valence-corrected chi connectivity index (χ3v) is 4.41. The largest absolute Gasteiger partial charge is 0.381 e. The van der Waals surface area contributed by atoms with E-state index in [9.17, 15) is 0 Å². The first-order valence-corrected chi connectivity index (χ1v) is 7.37. The summed E-state index contributed by atoms with van der Waals surface area (Å²) in [6.07, 6.45) is 7.61. The van der Waals surface area contributed by atoms with Gasteiger partial charge in [-0.2, -0.15) is 0 Å². The lowest BCUT2D eigenvalue weighted by molar-refractivity contribution is 0.0275. The van der Waals surface area contributed by atoms with E-state index in [1.807, 2.05) is 0 Å². The molecule has 1 saturated heterocycles. The van der Waals surface area contributed by atoms with Crippen LogP contribution in [0.25, 0.3) is 0 Å². The van der Waals surface area contributed by atoms with Gasteiger partial charge in [-0.15, -0.1) is 0 Å². The van der Waals surface area contributed by atoms with Crippen LogP contribution in [0.15, 0.2) is 0 Å². The topological polar surface area (TPSA) is 38.5 Å². The molecule has 2 aliphatic rings. The van der Waals surface area contributed by atoms with E-state index < -0.39 is 0 Å². The van der Waals surface area contributed by atoms with Crippen molar-refractivity contribution in [3.05, 3.63) is 0 Å². The lowest BCUT2D eigenvalue weighted by atomic mass is 9.90. The van der Waals surface area contributed by atoms with Gasteiger partial charge in [-0.3, -0.25) is 0 Å². The summed E-state index contributed by atoms with van der Waals surface area (Å²) in [5.41, 5.74) is 5.98. The average Bonchev–Trinajstić information content (AvgIpc) is 2.38. The molecule has 1 saturated carbocycles. The molecule has 0 bridgehead atoms. The van der Waals surface area contributed by atoms with Crippen molar-refractivity contribution in [1.29, 1.82) is 0 Å². The Hall–Kier alpha value is -0.120. The Bertz CT molecular complexity index is 208. The van der Waals surface area contributed by atoms with Gasteiger partial charge in [-0.25, -0.2) is 0 Å². The van der Waals surface area contributed by atoms with Gasteiger partial charge in [0.25, 0.3) is 0 Å². The minimum Gasteiger partial charge on any atom is -0.381 e. The van der Waals surface area contributed by atoms with Crippen LogP contribution < -0.4 is 5.73 Å². The minimum absolute atomic E-state index is 0.461. The van der Waals surface area contributed by atoms with E-state index in [4.69, 9.17) is 10.5 Å². The average molecular weight is 240 g/mol. The van der Waals surface area contributed by atoms with Gasteiger partial charge in [-0.1, -0.05) is 6.92 Å².